The first kappa shape index (κ1) is 16.1. The summed E-state index contributed by atoms with van der Waals surface area (Å²) >= 11 is 0. The van der Waals surface area contributed by atoms with Crippen LogP contribution in [0.3, 0.4) is 0 Å². The maximum Gasteiger partial charge on any atom is 0.224 e. The first-order valence-corrected chi connectivity index (χ1v) is 8.34. The van der Waals surface area contributed by atoms with Crippen molar-refractivity contribution in [3.8, 4) is 28.3 Å². The van der Waals surface area contributed by atoms with Crippen molar-refractivity contribution in [2.75, 3.05) is 0 Å². The lowest BCUT2D eigenvalue weighted by atomic mass is 9.82. The molecule has 0 unspecified atom stereocenters. The number of rotatable bonds is 1. The maximum atomic E-state index is 14.2. The molecule has 0 amide bonds. The van der Waals surface area contributed by atoms with E-state index in [0.717, 1.165) is 16.7 Å². The first-order valence-electron chi connectivity index (χ1n) is 8.34. The zero-order valence-corrected chi connectivity index (χ0v) is 14.5. The predicted molar refractivity (Wildman–Crippen MR) is 100 cm³/mol. The molecule has 0 saturated carbocycles. The van der Waals surface area contributed by atoms with Gasteiger partial charge in [-0.15, -0.1) is 0 Å². The molecule has 4 rings (SSSR count). The number of fused-ring (bicyclic) bond motifs is 3. The van der Waals surface area contributed by atoms with Crippen LogP contribution in [0, 0.1) is 23.7 Å². The average Bonchev–Trinajstić information content (AvgIpc) is 2.90. The summed E-state index contributed by atoms with van der Waals surface area (Å²) in [6.07, 6.45) is 0. The molecule has 3 heteroatoms. The van der Waals surface area contributed by atoms with Gasteiger partial charge < -0.3 is 0 Å². The molecule has 0 N–H and O–H groups in total. The van der Waals surface area contributed by atoms with Crippen LogP contribution in [0.4, 0.5) is 10.1 Å². The zero-order valence-electron chi connectivity index (χ0n) is 14.5. The number of benzene rings is 3. The molecule has 124 valence electrons. The molecule has 0 fully saturated rings. The summed E-state index contributed by atoms with van der Waals surface area (Å²) < 4.78 is 14.2. The smallest absolute Gasteiger partial charge is 0.224 e. The Labute approximate surface area is 152 Å². The van der Waals surface area contributed by atoms with Crippen molar-refractivity contribution in [2.45, 2.75) is 19.3 Å². The van der Waals surface area contributed by atoms with E-state index in [1.807, 2.05) is 30.3 Å². The second-order valence-corrected chi connectivity index (χ2v) is 6.98. The fourth-order valence-electron chi connectivity index (χ4n) is 3.92. The van der Waals surface area contributed by atoms with Crippen molar-refractivity contribution < 1.29 is 4.39 Å². The molecule has 0 aliphatic heterocycles. The molecular formula is C23H15FN2. The van der Waals surface area contributed by atoms with E-state index in [1.54, 1.807) is 0 Å². The van der Waals surface area contributed by atoms with Crippen molar-refractivity contribution in [3.63, 3.8) is 0 Å². The van der Waals surface area contributed by atoms with Gasteiger partial charge >= 0.3 is 0 Å². The highest BCUT2D eigenvalue weighted by Crippen LogP contribution is 2.52. The molecule has 0 heterocycles. The van der Waals surface area contributed by atoms with Crippen LogP contribution in [0.25, 0.3) is 27.1 Å². The third kappa shape index (κ3) is 2.08. The molecule has 1 aliphatic carbocycles. The third-order valence-electron chi connectivity index (χ3n) is 5.21. The molecule has 1 aliphatic rings. The minimum absolute atomic E-state index is 0.100. The van der Waals surface area contributed by atoms with Gasteiger partial charge in [0.1, 0.15) is 11.9 Å². The summed E-state index contributed by atoms with van der Waals surface area (Å²) in [5, 5.41) is 9.25. The van der Waals surface area contributed by atoms with Crippen molar-refractivity contribution in [2.24, 2.45) is 0 Å². The fourth-order valence-corrected chi connectivity index (χ4v) is 3.92. The molecule has 0 atom stereocenters. The van der Waals surface area contributed by atoms with Gasteiger partial charge in [0.15, 0.2) is 0 Å². The van der Waals surface area contributed by atoms with Crippen molar-refractivity contribution in [1.82, 2.24) is 0 Å². The highest BCUT2D eigenvalue weighted by atomic mass is 19.1. The van der Waals surface area contributed by atoms with Gasteiger partial charge in [-0.3, -0.25) is 0 Å². The number of nitrogens with zero attached hydrogens (tertiary/aromatic N) is 2. The van der Waals surface area contributed by atoms with Gasteiger partial charge in [-0.05, 0) is 45.5 Å². The van der Waals surface area contributed by atoms with E-state index in [-0.39, 0.29) is 16.7 Å². The Balaban J connectivity index is 2.07. The maximum absolute atomic E-state index is 14.2. The standard InChI is InChI=1S/C23H15FN2/c1-23(2)18-9-5-4-7-17(18)21-16(8-6-10-19(21)23)14-11-15(13-25)22(24)20(12-14)26-3/h4-12H,1-2H3. The monoisotopic (exact) mass is 338 g/mol. The second kappa shape index (κ2) is 5.55. The number of hydrogen-bond donors (Lipinski definition) is 0. The molecule has 0 radical (unpaired) electrons. The summed E-state index contributed by atoms with van der Waals surface area (Å²) in [7, 11) is 0. The number of halogens is 1. The van der Waals surface area contributed by atoms with E-state index in [4.69, 9.17) is 6.57 Å². The van der Waals surface area contributed by atoms with Crippen LogP contribution >= 0.6 is 0 Å². The molecule has 26 heavy (non-hydrogen) atoms. The van der Waals surface area contributed by atoms with Crippen molar-refractivity contribution >= 4 is 5.69 Å². The molecule has 2 nitrogen and oxygen atoms in total. The predicted octanol–water partition coefficient (Wildman–Crippen LogP) is 6.22. The van der Waals surface area contributed by atoms with Crippen LogP contribution in [0.15, 0.2) is 54.6 Å². The Hall–Kier alpha value is -3.43. The molecule has 0 saturated heterocycles. The van der Waals surface area contributed by atoms with Crippen LogP contribution in [-0.2, 0) is 5.41 Å². The topological polar surface area (TPSA) is 28.1 Å². The van der Waals surface area contributed by atoms with Gasteiger partial charge in [0.05, 0.1) is 12.1 Å². The minimum Gasteiger partial charge on any atom is -0.235 e. The largest absolute Gasteiger partial charge is 0.235 e. The van der Waals surface area contributed by atoms with Gasteiger partial charge in [0.25, 0.3) is 0 Å². The number of hydrogen-bond acceptors (Lipinski definition) is 1. The minimum atomic E-state index is -0.750. The fraction of sp³-hybridized carbons (Fsp3) is 0.130. The molecule has 0 aromatic heterocycles. The zero-order chi connectivity index (χ0) is 18.5. The summed E-state index contributed by atoms with van der Waals surface area (Å²) in [5.74, 6) is -0.750. The molecule has 3 aromatic carbocycles. The van der Waals surface area contributed by atoms with E-state index in [1.165, 1.54) is 23.3 Å². The molecular weight excluding hydrogens is 323 g/mol. The average molecular weight is 338 g/mol. The lowest BCUT2D eigenvalue weighted by Crippen LogP contribution is -2.14. The Kier molecular flexibility index (Phi) is 3.43. The van der Waals surface area contributed by atoms with Crippen LogP contribution in [-0.4, -0.2) is 0 Å². The van der Waals surface area contributed by atoms with Crippen LogP contribution in [0.2, 0.25) is 0 Å². The Morgan fingerprint density at radius 1 is 1.00 bits per heavy atom. The third-order valence-corrected chi connectivity index (χ3v) is 5.21. The van der Waals surface area contributed by atoms with Gasteiger partial charge in [0.2, 0.25) is 5.69 Å². The van der Waals surface area contributed by atoms with E-state index >= 15 is 0 Å². The summed E-state index contributed by atoms with van der Waals surface area (Å²) in [5.41, 5.74) is 5.94. The Bertz CT molecular complexity index is 1110. The van der Waals surface area contributed by atoms with E-state index in [0.29, 0.717) is 5.56 Å². The highest BCUT2D eigenvalue weighted by Gasteiger charge is 2.36. The van der Waals surface area contributed by atoms with Crippen molar-refractivity contribution in [1.29, 1.82) is 5.26 Å². The highest BCUT2D eigenvalue weighted by molar-refractivity contribution is 5.93. The summed E-state index contributed by atoms with van der Waals surface area (Å²) in [4.78, 5) is 3.26. The van der Waals surface area contributed by atoms with Crippen molar-refractivity contribution in [3.05, 3.63) is 88.5 Å². The van der Waals surface area contributed by atoms with E-state index in [9.17, 15) is 9.65 Å². The van der Waals surface area contributed by atoms with Crippen LogP contribution in [0.5, 0.6) is 0 Å². The normalized spacial score (nSPS) is 13.4. The first-order chi connectivity index (χ1) is 12.5. The molecule has 0 bridgehead atoms. The second-order valence-electron chi connectivity index (χ2n) is 6.98. The lowest BCUT2D eigenvalue weighted by Gasteiger charge is -2.21. The van der Waals surface area contributed by atoms with E-state index < -0.39 is 5.82 Å². The lowest BCUT2D eigenvalue weighted by molar-refractivity contribution is 0.630. The van der Waals surface area contributed by atoms with Gasteiger partial charge in [0, 0.05) is 5.41 Å². The van der Waals surface area contributed by atoms with Crippen LogP contribution in [0.1, 0.15) is 30.5 Å². The Morgan fingerprint density at radius 3 is 2.42 bits per heavy atom. The van der Waals surface area contributed by atoms with E-state index in [2.05, 4.69) is 36.9 Å². The summed E-state index contributed by atoms with van der Waals surface area (Å²) in [6.45, 7) is 11.6. The molecule has 0 spiro atoms. The quantitative estimate of drug-likeness (QED) is 0.484. The number of nitriles is 1. The van der Waals surface area contributed by atoms with Crippen LogP contribution < -0.4 is 0 Å². The van der Waals surface area contributed by atoms with Gasteiger partial charge in [-0.1, -0.05) is 56.3 Å². The Morgan fingerprint density at radius 2 is 1.69 bits per heavy atom. The molecule has 3 aromatic rings. The van der Waals surface area contributed by atoms with Gasteiger partial charge in [-0.25, -0.2) is 9.24 Å². The summed E-state index contributed by atoms with van der Waals surface area (Å²) in [6, 6.07) is 19.3. The SMILES string of the molecule is [C-]#[N+]c1cc(-c2cccc3c2-c2ccccc2C3(C)C)cc(C#N)c1F. The van der Waals surface area contributed by atoms with Gasteiger partial charge in [-0.2, -0.15) is 5.26 Å².